The Morgan fingerprint density at radius 2 is 2.25 bits per heavy atom. The van der Waals surface area contributed by atoms with Crippen molar-refractivity contribution in [2.24, 2.45) is 11.8 Å². The predicted octanol–water partition coefficient (Wildman–Crippen LogP) is 2.14. The van der Waals surface area contributed by atoms with Crippen LogP contribution in [0.3, 0.4) is 0 Å². The number of halogens is 1. The second-order valence-corrected chi connectivity index (χ2v) is 4.22. The van der Waals surface area contributed by atoms with Gasteiger partial charge in [-0.2, -0.15) is 0 Å². The van der Waals surface area contributed by atoms with Crippen LogP contribution >= 0.6 is 0 Å². The van der Waals surface area contributed by atoms with Crippen LogP contribution < -0.4 is 16.0 Å². The van der Waals surface area contributed by atoms with Crippen LogP contribution in [0, 0.1) is 11.7 Å². The van der Waals surface area contributed by atoms with Gasteiger partial charge in [0.2, 0.25) is 0 Å². The van der Waals surface area contributed by atoms with Crippen molar-refractivity contribution >= 4 is 0 Å². The van der Waals surface area contributed by atoms with Crippen LogP contribution in [0.15, 0.2) is 18.2 Å². The second-order valence-electron chi connectivity index (χ2n) is 4.22. The fourth-order valence-corrected chi connectivity index (χ4v) is 2.14. The van der Waals surface area contributed by atoms with E-state index in [-0.39, 0.29) is 11.9 Å². The van der Waals surface area contributed by atoms with Gasteiger partial charge in [0, 0.05) is 11.6 Å². The Balaban J connectivity index is 2.23. The summed E-state index contributed by atoms with van der Waals surface area (Å²) in [5.74, 6) is 6.24. The molecule has 0 aliphatic heterocycles. The third-order valence-electron chi connectivity index (χ3n) is 3.34. The Hall–Kier alpha value is -1.13. The number of hydrazine groups is 1. The molecule has 1 unspecified atom stereocenters. The summed E-state index contributed by atoms with van der Waals surface area (Å²) in [5, 5.41) is 0. The molecule has 1 aromatic carbocycles. The molecule has 1 fully saturated rings. The highest BCUT2D eigenvalue weighted by Gasteiger charge is 2.29. The summed E-state index contributed by atoms with van der Waals surface area (Å²) < 4.78 is 18.8. The van der Waals surface area contributed by atoms with Crippen molar-refractivity contribution in [1.29, 1.82) is 0 Å². The van der Waals surface area contributed by atoms with E-state index in [0.29, 0.717) is 17.2 Å². The number of rotatable bonds is 4. The zero-order valence-corrected chi connectivity index (χ0v) is 9.37. The molecule has 0 saturated heterocycles. The first kappa shape index (κ1) is 11.4. The van der Waals surface area contributed by atoms with Gasteiger partial charge in [-0.1, -0.05) is 12.5 Å². The molecule has 16 heavy (non-hydrogen) atoms. The van der Waals surface area contributed by atoms with Gasteiger partial charge >= 0.3 is 0 Å². The highest BCUT2D eigenvalue weighted by atomic mass is 19.1. The van der Waals surface area contributed by atoms with Crippen LogP contribution in [0.4, 0.5) is 4.39 Å². The maximum atomic E-state index is 13.8. The Morgan fingerprint density at radius 1 is 1.50 bits per heavy atom. The van der Waals surface area contributed by atoms with E-state index in [9.17, 15) is 4.39 Å². The van der Waals surface area contributed by atoms with E-state index in [1.54, 1.807) is 12.1 Å². The van der Waals surface area contributed by atoms with Crippen molar-refractivity contribution in [1.82, 2.24) is 5.43 Å². The van der Waals surface area contributed by atoms with E-state index in [0.717, 1.165) is 12.8 Å². The highest BCUT2D eigenvalue weighted by molar-refractivity contribution is 5.31. The van der Waals surface area contributed by atoms with Gasteiger partial charge in [-0.15, -0.1) is 0 Å². The molecule has 4 heteroatoms. The van der Waals surface area contributed by atoms with Gasteiger partial charge in [0.25, 0.3) is 0 Å². The molecule has 0 bridgehead atoms. The molecule has 3 nitrogen and oxygen atoms in total. The van der Waals surface area contributed by atoms with Crippen LogP contribution in [0.25, 0.3) is 0 Å². The Morgan fingerprint density at radius 3 is 2.69 bits per heavy atom. The predicted molar refractivity (Wildman–Crippen MR) is 60.4 cm³/mol. The zero-order valence-electron chi connectivity index (χ0n) is 9.37. The average Bonchev–Trinajstić information content (AvgIpc) is 2.23. The summed E-state index contributed by atoms with van der Waals surface area (Å²) in [7, 11) is 1.53. The van der Waals surface area contributed by atoms with E-state index in [2.05, 4.69) is 5.43 Å². The lowest BCUT2D eigenvalue weighted by atomic mass is 9.77. The number of hydrogen-bond donors (Lipinski definition) is 2. The number of benzene rings is 1. The topological polar surface area (TPSA) is 47.3 Å². The van der Waals surface area contributed by atoms with Crippen molar-refractivity contribution in [3.8, 4) is 5.75 Å². The summed E-state index contributed by atoms with van der Waals surface area (Å²) in [4.78, 5) is 0. The minimum absolute atomic E-state index is 0.0837. The van der Waals surface area contributed by atoms with Crippen molar-refractivity contribution in [2.75, 3.05) is 7.11 Å². The lowest BCUT2D eigenvalue weighted by Crippen LogP contribution is -2.36. The Kier molecular flexibility index (Phi) is 3.41. The van der Waals surface area contributed by atoms with Crippen molar-refractivity contribution in [3.63, 3.8) is 0 Å². The minimum atomic E-state index is -0.255. The molecular weight excluding hydrogens is 207 g/mol. The molecule has 1 aliphatic carbocycles. The van der Waals surface area contributed by atoms with E-state index in [1.165, 1.54) is 19.6 Å². The molecule has 1 aromatic rings. The van der Waals surface area contributed by atoms with Gasteiger partial charge in [-0.25, -0.2) is 4.39 Å². The van der Waals surface area contributed by atoms with Crippen LogP contribution in [0.2, 0.25) is 0 Å². The lowest BCUT2D eigenvalue weighted by molar-refractivity contribution is 0.228. The molecule has 1 aliphatic rings. The third kappa shape index (κ3) is 2.03. The lowest BCUT2D eigenvalue weighted by Gasteiger charge is -2.33. The summed E-state index contributed by atoms with van der Waals surface area (Å²) in [6, 6.07) is 4.83. The summed E-state index contributed by atoms with van der Waals surface area (Å²) in [5.41, 5.74) is 3.35. The zero-order chi connectivity index (χ0) is 11.5. The van der Waals surface area contributed by atoms with Crippen molar-refractivity contribution in [3.05, 3.63) is 29.6 Å². The molecule has 88 valence electrons. The summed E-state index contributed by atoms with van der Waals surface area (Å²) >= 11 is 0. The SMILES string of the molecule is COc1ccc(C(NN)C2CCC2)c(F)c1. The first-order valence-electron chi connectivity index (χ1n) is 5.56. The van der Waals surface area contributed by atoms with Crippen molar-refractivity contribution in [2.45, 2.75) is 25.3 Å². The smallest absolute Gasteiger partial charge is 0.131 e. The van der Waals surface area contributed by atoms with E-state index < -0.39 is 0 Å². The fraction of sp³-hybridized carbons (Fsp3) is 0.500. The maximum absolute atomic E-state index is 13.8. The number of ether oxygens (including phenoxy) is 1. The Bertz CT molecular complexity index is 366. The van der Waals surface area contributed by atoms with E-state index in [4.69, 9.17) is 10.6 Å². The van der Waals surface area contributed by atoms with Crippen LogP contribution in [0.1, 0.15) is 30.9 Å². The minimum Gasteiger partial charge on any atom is -0.497 e. The molecule has 0 aromatic heterocycles. The molecular formula is C12H17FN2O. The van der Waals surface area contributed by atoms with Gasteiger partial charge in [-0.05, 0) is 24.8 Å². The van der Waals surface area contributed by atoms with E-state index >= 15 is 0 Å². The number of nitrogens with one attached hydrogen (secondary N) is 1. The molecule has 0 heterocycles. The van der Waals surface area contributed by atoms with E-state index in [1.807, 2.05) is 0 Å². The van der Waals surface area contributed by atoms with Gasteiger partial charge in [0.1, 0.15) is 11.6 Å². The first-order chi connectivity index (χ1) is 7.76. The Labute approximate surface area is 94.8 Å². The molecule has 3 N–H and O–H groups in total. The van der Waals surface area contributed by atoms with Crippen LogP contribution in [0.5, 0.6) is 5.75 Å². The van der Waals surface area contributed by atoms with Crippen LogP contribution in [-0.2, 0) is 0 Å². The normalized spacial score (nSPS) is 17.9. The highest BCUT2D eigenvalue weighted by Crippen LogP contribution is 2.38. The average molecular weight is 224 g/mol. The number of hydrogen-bond acceptors (Lipinski definition) is 3. The van der Waals surface area contributed by atoms with Crippen LogP contribution in [-0.4, -0.2) is 7.11 Å². The van der Waals surface area contributed by atoms with Gasteiger partial charge in [0.15, 0.2) is 0 Å². The molecule has 1 atom stereocenters. The monoisotopic (exact) mass is 224 g/mol. The molecule has 1 saturated carbocycles. The quantitative estimate of drug-likeness (QED) is 0.608. The van der Waals surface area contributed by atoms with Gasteiger partial charge < -0.3 is 4.74 Å². The maximum Gasteiger partial charge on any atom is 0.131 e. The third-order valence-corrected chi connectivity index (χ3v) is 3.34. The van der Waals surface area contributed by atoms with Crippen molar-refractivity contribution < 1.29 is 9.13 Å². The summed E-state index contributed by atoms with van der Waals surface area (Å²) in [6.07, 6.45) is 3.43. The molecule has 0 amide bonds. The summed E-state index contributed by atoms with van der Waals surface area (Å²) in [6.45, 7) is 0. The molecule has 0 spiro atoms. The van der Waals surface area contributed by atoms with Gasteiger partial charge in [-0.3, -0.25) is 11.3 Å². The standard InChI is InChI=1S/C12H17FN2O/c1-16-9-5-6-10(11(13)7-9)12(15-14)8-3-2-4-8/h5-8,12,15H,2-4,14H2,1H3. The molecule has 0 radical (unpaired) electrons. The first-order valence-corrected chi connectivity index (χ1v) is 5.56. The largest absolute Gasteiger partial charge is 0.497 e. The molecule has 2 rings (SSSR count). The number of methoxy groups -OCH3 is 1. The second kappa shape index (κ2) is 4.80. The number of nitrogens with two attached hydrogens (primary N) is 1. The fourth-order valence-electron chi connectivity index (χ4n) is 2.14. The van der Waals surface area contributed by atoms with Gasteiger partial charge in [0.05, 0.1) is 13.2 Å².